The van der Waals surface area contributed by atoms with Crippen molar-refractivity contribution in [2.45, 2.75) is 90.0 Å². The number of carbonyl (C=O) groups excluding carboxylic acids is 1. The molecule has 23 heavy (non-hydrogen) atoms. The fraction of sp³-hybridized carbons (Fsp3) is 0.882. The monoisotopic (exact) mass is 344 g/mol. The molecule has 0 radical (unpaired) electrons. The van der Waals surface area contributed by atoms with E-state index in [1.54, 1.807) is 0 Å². The lowest BCUT2D eigenvalue weighted by atomic mass is 9.84. The summed E-state index contributed by atoms with van der Waals surface area (Å²) in [5.74, 6) is 0.562. The topological polar surface area (TPSA) is 73.8 Å². The molecule has 0 saturated heterocycles. The molecule has 1 saturated carbocycles. The van der Waals surface area contributed by atoms with Gasteiger partial charge in [0.25, 0.3) is 0 Å². The van der Waals surface area contributed by atoms with E-state index in [1.165, 1.54) is 0 Å². The van der Waals surface area contributed by atoms with Gasteiger partial charge >= 0.3 is 6.09 Å². The van der Waals surface area contributed by atoms with Crippen LogP contribution in [-0.4, -0.2) is 33.3 Å². The molecule has 6 heteroatoms. The maximum atomic E-state index is 11.8. The van der Waals surface area contributed by atoms with Crippen molar-refractivity contribution < 1.29 is 14.1 Å². The van der Waals surface area contributed by atoms with Crippen molar-refractivity contribution in [3.63, 3.8) is 0 Å². The van der Waals surface area contributed by atoms with E-state index in [0.29, 0.717) is 5.92 Å². The standard InChI is InChI=1S/C17H32N2O3S/c1-16(2,3)22-15(20)19-14-9-7-13(8-10-14)11-12-18-23(21)17(4,5)6/h12-14H,7-11H2,1-6H3,(H,19,20)/b18-12+. The van der Waals surface area contributed by atoms with E-state index in [4.69, 9.17) is 4.74 Å². The molecule has 1 aliphatic carbocycles. The van der Waals surface area contributed by atoms with Crippen LogP contribution in [0.15, 0.2) is 4.40 Å². The summed E-state index contributed by atoms with van der Waals surface area (Å²) in [6.07, 6.45) is 6.36. The molecule has 1 amide bonds. The minimum absolute atomic E-state index is 0.196. The summed E-state index contributed by atoms with van der Waals surface area (Å²) in [6.45, 7) is 11.4. The lowest BCUT2D eigenvalue weighted by molar-refractivity contribution is 0.0488. The first kappa shape index (κ1) is 20.3. The van der Waals surface area contributed by atoms with Crippen LogP contribution in [0.2, 0.25) is 0 Å². The second-order valence-corrected chi connectivity index (χ2v) is 10.2. The highest BCUT2D eigenvalue weighted by molar-refractivity contribution is 7.91. The van der Waals surface area contributed by atoms with Crippen LogP contribution < -0.4 is 5.32 Å². The number of alkyl carbamates (subject to hydrolysis) is 1. The Bertz CT molecular complexity index is 405. The van der Waals surface area contributed by atoms with Crippen LogP contribution in [0.4, 0.5) is 4.79 Å². The maximum Gasteiger partial charge on any atom is 0.407 e. The first-order chi connectivity index (χ1) is 10.5. The largest absolute Gasteiger partial charge is 0.591 e. The first-order valence-corrected chi connectivity index (χ1v) is 9.52. The number of rotatable bonds is 4. The van der Waals surface area contributed by atoms with Crippen LogP contribution in [0.5, 0.6) is 0 Å². The van der Waals surface area contributed by atoms with Gasteiger partial charge in [-0.25, -0.2) is 4.79 Å². The van der Waals surface area contributed by atoms with Gasteiger partial charge in [-0.3, -0.25) is 0 Å². The van der Waals surface area contributed by atoms with Crippen LogP contribution in [0.1, 0.15) is 73.6 Å². The summed E-state index contributed by atoms with van der Waals surface area (Å²) < 4.78 is 21.0. The van der Waals surface area contributed by atoms with E-state index in [0.717, 1.165) is 32.1 Å². The van der Waals surface area contributed by atoms with Gasteiger partial charge in [0.1, 0.15) is 21.7 Å². The van der Waals surface area contributed by atoms with Crippen LogP contribution >= 0.6 is 0 Å². The third kappa shape index (κ3) is 8.61. The Morgan fingerprint density at radius 1 is 1.22 bits per heavy atom. The Kier molecular flexibility index (Phi) is 7.39. The summed E-state index contributed by atoms with van der Waals surface area (Å²) in [5, 5.41) is 2.95. The Morgan fingerprint density at radius 3 is 2.26 bits per heavy atom. The molecule has 1 rings (SSSR count). The Morgan fingerprint density at radius 2 is 1.78 bits per heavy atom. The summed E-state index contributed by atoms with van der Waals surface area (Å²) in [4.78, 5) is 11.8. The number of hydrogen-bond acceptors (Lipinski definition) is 4. The van der Waals surface area contributed by atoms with E-state index in [9.17, 15) is 9.35 Å². The molecule has 1 N–H and O–H groups in total. The molecule has 5 nitrogen and oxygen atoms in total. The lowest BCUT2D eigenvalue weighted by Gasteiger charge is -2.29. The molecule has 0 heterocycles. The molecule has 0 bridgehead atoms. The van der Waals surface area contributed by atoms with Crippen molar-refractivity contribution in [1.82, 2.24) is 5.32 Å². The van der Waals surface area contributed by atoms with Gasteiger partial charge in [-0.1, -0.05) is 4.40 Å². The van der Waals surface area contributed by atoms with E-state index < -0.39 is 17.0 Å². The maximum absolute atomic E-state index is 11.8. The van der Waals surface area contributed by atoms with Gasteiger partial charge in [-0.05, 0) is 79.6 Å². The zero-order valence-electron chi connectivity index (χ0n) is 15.3. The molecule has 0 aliphatic heterocycles. The SMILES string of the molecule is CC(C)(C)OC(=O)NC1CCC(C/C=N/[S+]([O-])C(C)(C)C)CC1. The third-order valence-electron chi connectivity index (χ3n) is 3.70. The molecule has 1 aliphatic rings. The van der Waals surface area contributed by atoms with E-state index in [-0.39, 0.29) is 16.9 Å². The third-order valence-corrected chi connectivity index (χ3v) is 5.09. The average molecular weight is 345 g/mol. The van der Waals surface area contributed by atoms with Crippen molar-refractivity contribution in [3.8, 4) is 0 Å². The molecule has 1 fully saturated rings. The molecule has 1 unspecified atom stereocenters. The minimum Gasteiger partial charge on any atom is -0.591 e. The van der Waals surface area contributed by atoms with E-state index >= 15 is 0 Å². The second kappa shape index (κ2) is 8.38. The highest BCUT2D eigenvalue weighted by Crippen LogP contribution is 2.27. The van der Waals surface area contributed by atoms with Crippen LogP contribution in [0.25, 0.3) is 0 Å². The summed E-state index contributed by atoms with van der Waals surface area (Å²) in [5.41, 5.74) is -0.458. The fourth-order valence-electron chi connectivity index (χ4n) is 2.43. The molecule has 1 atom stereocenters. The van der Waals surface area contributed by atoms with Gasteiger partial charge in [0.05, 0.1) is 6.21 Å². The predicted molar refractivity (Wildman–Crippen MR) is 96.1 cm³/mol. The number of amides is 1. The first-order valence-electron chi connectivity index (χ1n) is 8.41. The Hall–Kier alpha value is -0.750. The van der Waals surface area contributed by atoms with Crippen molar-refractivity contribution in [2.24, 2.45) is 10.3 Å². The van der Waals surface area contributed by atoms with Gasteiger partial charge in [-0.15, -0.1) is 0 Å². The average Bonchev–Trinajstić information content (AvgIpc) is 2.37. The highest BCUT2D eigenvalue weighted by atomic mass is 32.2. The Labute approximate surface area is 144 Å². The van der Waals surface area contributed by atoms with Gasteiger partial charge < -0.3 is 14.6 Å². The zero-order valence-corrected chi connectivity index (χ0v) is 16.2. The number of carbonyl (C=O) groups is 1. The number of hydrogen-bond donors (Lipinski definition) is 1. The molecular weight excluding hydrogens is 312 g/mol. The molecule has 0 aromatic heterocycles. The van der Waals surface area contributed by atoms with Gasteiger partial charge in [0.15, 0.2) is 0 Å². The number of nitrogens with one attached hydrogen (secondary N) is 1. The van der Waals surface area contributed by atoms with E-state index in [1.807, 2.05) is 47.8 Å². The van der Waals surface area contributed by atoms with Crippen LogP contribution in [0, 0.1) is 5.92 Å². The quantitative estimate of drug-likeness (QED) is 0.619. The molecule has 0 aromatic rings. The van der Waals surface area contributed by atoms with Crippen molar-refractivity contribution in [2.75, 3.05) is 0 Å². The van der Waals surface area contributed by atoms with Crippen molar-refractivity contribution in [1.29, 1.82) is 0 Å². The lowest BCUT2D eigenvalue weighted by Crippen LogP contribution is -2.40. The second-order valence-electron chi connectivity index (χ2n) is 8.25. The van der Waals surface area contributed by atoms with Crippen molar-refractivity contribution >= 4 is 23.7 Å². The molecule has 0 aromatic carbocycles. The number of nitrogens with zero attached hydrogens (tertiary/aromatic N) is 1. The van der Waals surface area contributed by atoms with Crippen LogP contribution in [0.3, 0.4) is 0 Å². The summed E-state index contributed by atoms with van der Waals surface area (Å²) in [7, 11) is 0. The highest BCUT2D eigenvalue weighted by Gasteiger charge is 2.27. The summed E-state index contributed by atoms with van der Waals surface area (Å²) >= 11 is -1.17. The zero-order chi connectivity index (χ0) is 17.7. The predicted octanol–water partition coefficient (Wildman–Crippen LogP) is 3.99. The minimum atomic E-state index is -1.17. The normalized spacial score (nSPS) is 24.5. The summed E-state index contributed by atoms with van der Waals surface area (Å²) in [6, 6.07) is 0.196. The van der Waals surface area contributed by atoms with Gasteiger partial charge in [0.2, 0.25) is 0 Å². The Balaban J connectivity index is 2.28. The van der Waals surface area contributed by atoms with E-state index in [2.05, 4.69) is 9.71 Å². The smallest absolute Gasteiger partial charge is 0.407 e. The number of ether oxygens (including phenoxy) is 1. The molecule has 0 spiro atoms. The fourth-order valence-corrected chi connectivity index (χ4v) is 2.97. The van der Waals surface area contributed by atoms with Crippen LogP contribution in [-0.2, 0) is 16.1 Å². The van der Waals surface area contributed by atoms with Gasteiger partial charge in [0, 0.05) is 6.04 Å². The van der Waals surface area contributed by atoms with Gasteiger partial charge in [-0.2, -0.15) is 0 Å². The van der Waals surface area contributed by atoms with Crippen molar-refractivity contribution in [3.05, 3.63) is 0 Å². The molecule has 134 valence electrons. The molecular formula is C17H32N2O3S.